The normalized spacial score (nSPS) is 15.9. The molecule has 2 nitrogen and oxygen atoms in total. The molecule has 1 aromatic rings. The molecule has 0 radical (unpaired) electrons. The minimum atomic E-state index is -1.50. The first-order chi connectivity index (χ1) is 7.95. The van der Waals surface area contributed by atoms with Gasteiger partial charge in [-0.25, -0.2) is 0 Å². The Morgan fingerprint density at radius 1 is 1.24 bits per heavy atom. The summed E-state index contributed by atoms with van der Waals surface area (Å²) in [5, 5.41) is 10.9. The quantitative estimate of drug-likeness (QED) is 0.815. The van der Waals surface area contributed by atoms with Crippen LogP contribution in [0.3, 0.4) is 0 Å². The lowest BCUT2D eigenvalue weighted by Gasteiger charge is -2.26. The highest BCUT2D eigenvalue weighted by Gasteiger charge is 2.27. The lowest BCUT2D eigenvalue weighted by Crippen LogP contribution is -2.41. The smallest absolute Gasteiger partial charge is 0.163 e. The molecule has 0 unspecified atom stereocenters. The number of benzene rings is 1. The van der Waals surface area contributed by atoms with Gasteiger partial charge in [0.1, 0.15) is 0 Å². The van der Waals surface area contributed by atoms with Crippen LogP contribution >= 0.6 is 0 Å². The second-order valence-corrected chi connectivity index (χ2v) is 10.8. The van der Waals surface area contributed by atoms with E-state index in [0.717, 1.165) is 29.5 Å². The summed E-state index contributed by atoms with van der Waals surface area (Å²) in [5.74, 6) is 0.218. The van der Waals surface area contributed by atoms with E-state index in [9.17, 15) is 9.90 Å². The maximum Gasteiger partial charge on any atom is 0.163 e. The number of carbonyl (C=O) groups is 1. The molecule has 1 N–H and O–H groups in total. The van der Waals surface area contributed by atoms with Crippen LogP contribution in [0.25, 0.3) is 0 Å². The van der Waals surface area contributed by atoms with Gasteiger partial charge in [-0.3, -0.25) is 4.79 Å². The summed E-state index contributed by atoms with van der Waals surface area (Å²) in [6.07, 6.45) is 2.55. The van der Waals surface area contributed by atoms with E-state index in [1.807, 2.05) is 0 Å². The number of hydrogen-bond acceptors (Lipinski definition) is 2. The van der Waals surface area contributed by atoms with Crippen LogP contribution < -0.4 is 5.19 Å². The van der Waals surface area contributed by atoms with Crippen molar-refractivity contribution >= 4 is 19.0 Å². The number of rotatable bonds is 2. The number of aryl methyl sites for hydroxylation is 1. The molecule has 1 aliphatic rings. The van der Waals surface area contributed by atoms with E-state index in [2.05, 4.69) is 31.8 Å². The predicted molar refractivity (Wildman–Crippen MR) is 72.6 cm³/mol. The molecule has 0 heterocycles. The number of carbonyl (C=O) groups excluding carboxylic acids is 1. The van der Waals surface area contributed by atoms with Gasteiger partial charge in [0.05, 0.1) is 14.7 Å². The second-order valence-electron chi connectivity index (χ2n) is 5.81. The van der Waals surface area contributed by atoms with Crippen molar-refractivity contribution in [1.82, 2.24) is 0 Å². The van der Waals surface area contributed by atoms with Crippen molar-refractivity contribution < 1.29 is 9.90 Å². The molecule has 0 saturated carbocycles. The molecule has 0 fully saturated rings. The summed E-state index contributed by atoms with van der Waals surface area (Å²) in [6, 6.07) is 4.23. The largest absolute Gasteiger partial charge is 0.392 e. The molecule has 0 aromatic heterocycles. The van der Waals surface area contributed by atoms with Crippen LogP contribution in [0.4, 0.5) is 0 Å². The molecular weight excluding hydrogens is 228 g/mol. The topological polar surface area (TPSA) is 37.3 Å². The van der Waals surface area contributed by atoms with Gasteiger partial charge in [0.2, 0.25) is 0 Å². The van der Waals surface area contributed by atoms with Gasteiger partial charge in [0.15, 0.2) is 5.78 Å². The Hall–Kier alpha value is -0.933. The van der Waals surface area contributed by atoms with Gasteiger partial charge < -0.3 is 5.11 Å². The minimum Gasteiger partial charge on any atom is -0.392 e. The SMILES string of the molecule is C[Si](C)(C)c1ccc2c(c1CO)C(=O)CCC2. The number of Topliss-reactive ketones (excluding diaryl/α,β-unsaturated/α-hetero) is 1. The fraction of sp³-hybridized carbons (Fsp3) is 0.500. The van der Waals surface area contributed by atoms with Gasteiger partial charge in [-0.2, -0.15) is 0 Å². The Morgan fingerprint density at radius 3 is 2.53 bits per heavy atom. The number of ketones is 1. The van der Waals surface area contributed by atoms with Crippen molar-refractivity contribution in [2.75, 3.05) is 0 Å². The molecule has 0 amide bonds. The lowest BCUT2D eigenvalue weighted by molar-refractivity contribution is 0.0969. The van der Waals surface area contributed by atoms with Gasteiger partial charge in [-0.1, -0.05) is 37.0 Å². The van der Waals surface area contributed by atoms with E-state index < -0.39 is 8.07 Å². The zero-order chi connectivity index (χ0) is 12.6. The van der Waals surface area contributed by atoms with E-state index in [4.69, 9.17) is 0 Å². The maximum absolute atomic E-state index is 12.0. The third kappa shape index (κ3) is 2.22. The lowest BCUT2D eigenvalue weighted by atomic mass is 9.87. The van der Waals surface area contributed by atoms with Crippen LogP contribution in [0, 0.1) is 0 Å². The summed E-state index contributed by atoms with van der Waals surface area (Å²) in [4.78, 5) is 12.0. The third-order valence-electron chi connectivity index (χ3n) is 3.49. The number of hydrogen-bond donors (Lipinski definition) is 1. The van der Waals surface area contributed by atoms with Crippen LogP contribution in [0.5, 0.6) is 0 Å². The summed E-state index contributed by atoms with van der Waals surface area (Å²) < 4.78 is 0. The molecule has 0 bridgehead atoms. The maximum atomic E-state index is 12.0. The Kier molecular flexibility index (Phi) is 3.23. The van der Waals surface area contributed by atoms with Crippen LogP contribution in [0.2, 0.25) is 19.6 Å². The Balaban J connectivity index is 2.66. The van der Waals surface area contributed by atoms with E-state index in [1.165, 1.54) is 5.19 Å². The highest BCUT2D eigenvalue weighted by atomic mass is 28.3. The summed E-state index contributed by atoms with van der Waals surface area (Å²) in [7, 11) is -1.50. The average molecular weight is 248 g/mol. The van der Waals surface area contributed by atoms with Crippen LogP contribution in [0.15, 0.2) is 12.1 Å². The van der Waals surface area contributed by atoms with Gasteiger partial charge in [0.25, 0.3) is 0 Å². The van der Waals surface area contributed by atoms with Gasteiger partial charge >= 0.3 is 0 Å². The van der Waals surface area contributed by atoms with Crippen molar-refractivity contribution in [2.45, 2.75) is 45.5 Å². The van der Waals surface area contributed by atoms with E-state index in [1.54, 1.807) is 0 Å². The highest BCUT2D eigenvalue weighted by molar-refractivity contribution is 6.89. The van der Waals surface area contributed by atoms with Crippen molar-refractivity contribution in [2.24, 2.45) is 0 Å². The molecule has 3 heteroatoms. The van der Waals surface area contributed by atoms with Crippen LogP contribution in [-0.4, -0.2) is 19.0 Å². The van der Waals surface area contributed by atoms with Crippen molar-refractivity contribution in [3.05, 3.63) is 28.8 Å². The summed E-state index contributed by atoms with van der Waals surface area (Å²) in [5.41, 5.74) is 2.87. The molecular formula is C14H20O2Si. The van der Waals surface area contributed by atoms with E-state index in [-0.39, 0.29) is 12.4 Å². The summed E-state index contributed by atoms with van der Waals surface area (Å²) in [6.45, 7) is 6.75. The number of aliphatic hydroxyl groups excluding tert-OH is 1. The zero-order valence-electron chi connectivity index (χ0n) is 10.8. The average Bonchev–Trinajstić information content (AvgIpc) is 2.26. The number of aliphatic hydroxyl groups is 1. The van der Waals surface area contributed by atoms with Crippen molar-refractivity contribution in [1.29, 1.82) is 0 Å². The fourth-order valence-corrected chi connectivity index (χ4v) is 4.38. The standard InChI is InChI=1S/C14H20O2Si/c1-17(2,3)13-8-7-10-5-4-6-12(16)14(10)11(13)9-15/h7-8,15H,4-6,9H2,1-3H3. The van der Waals surface area contributed by atoms with Crippen molar-refractivity contribution in [3.8, 4) is 0 Å². The highest BCUT2D eigenvalue weighted by Crippen LogP contribution is 2.25. The van der Waals surface area contributed by atoms with Gasteiger partial charge in [0, 0.05) is 12.0 Å². The van der Waals surface area contributed by atoms with Gasteiger partial charge in [-0.15, -0.1) is 0 Å². The van der Waals surface area contributed by atoms with E-state index in [0.29, 0.717) is 6.42 Å². The molecule has 17 heavy (non-hydrogen) atoms. The first kappa shape index (κ1) is 12.5. The fourth-order valence-electron chi connectivity index (χ4n) is 2.68. The minimum absolute atomic E-state index is 0.00544. The molecule has 92 valence electrons. The molecule has 2 rings (SSSR count). The Morgan fingerprint density at radius 2 is 1.94 bits per heavy atom. The summed E-state index contributed by atoms with van der Waals surface area (Å²) >= 11 is 0. The van der Waals surface area contributed by atoms with Gasteiger partial charge in [-0.05, 0) is 24.0 Å². The molecule has 1 aromatic carbocycles. The molecule has 0 aliphatic heterocycles. The van der Waals surface area contributed by atoms with Crippen molar-refractivity contribution in [3.63, 3.8) is 0 Å². The van der Waals surface area contributed by atoms with Crippen LogP contribution in [0.1, 0.15) is 34.3 Å². The Bertz CT molecular complexity index is 458. The molecule has 0 atom stereocenters. The van der Waals surface area contributed by atoms with Crippen LogP contribution in [-0.2, 0) is 13.0 Å². The monoisotopic (exact) mass is 248 g/mol. The van der Waals surface area contributed by atoms with E-state index >= 15 is 0 Å². The molecule has 0 saturated heterocycles. The third-order valence-corrected chi connectivity index (χ3v) is 5.58. The predicted octanol–water partition coefficient (Wildman–Crippen LogP) is 2.24. The zero-order valence-corrected chi connectivity index (χ0v) is 11.8. The first-order valence-corrected chi connectivity index (χ1v) is 9.74. The second kappa shape index (κ2) is 4.39. The Labute approximate surface area is 104 Å². The molecule has 0 spiro atoms. The number of fused-ring (bicyclic) bond motifs is 1. The first-order valence-electron chi connectivity index (χ1n) is 6.24. The molecule has 1 aliphatic carbocycles.